The molecule has 0 fully saturated rings. The van der Waals surface area contributed by atoms with Crippen molar-refractivity contribution in [3.05, 3.63) is 67.9 Å². The molecule has 4 rings (SSSR count). The standard InChI is InChI=1S/C21H23N3O2S/c1-13-14(2)18(26-3)7-6-15(13)11-24-9-8-16-17(12-24)22-20(23-21(16)25)19-5-4-10-27-19/h4-7,10H,8-9,11-12H2,1-3H3,(H,22,23,25). The molecule has 1 aliphatic rings. The molecule has 0 spiro atoms. The zero-order valence-electron chi connectivity index (χ0n) is 15.8. The molecule has 5 nitrogen and oxygen atoms in total. The summed E-state index contributed by atoms with van der Waals surface area (Å²) in [5, 5.41) is 2.00. The second kappa shape index (κ2) is 7.29. The Morgan fingerprint density at radius 2 is 2.11 bits per heavy atom. The predicted octanol–water partition coefficient (Wildman–Crippen LogP) is 3.68. The van der Waals surface area contributed by atoms with Gasteiger partial charge in [-0.25, -0.2) is 4.98 Å². The molecule has 6 heteroatoms. The third kappa shape index (κ3) is 3.42. The number of benzene rings is 1. The molecule has 1 aromatic carbocycles. The van der Waals surface area contributed by atoms with Gasteiger partial charge in [0, 0.05) is 25.2 Å². The van der Waals surface area contributed by atoms with Gasteiger partial charge < -0.3 is 9.72 Å². The van der Waals surface area contributed by atoms with Gasteiger partial charge in [0.2, 0.25) is 0 Å². The highest BCUT2D eigenvalue weighted by atomic mass is 32.1. The molecule has 27 heavy (non-hydrogen) atoms. The fourth-order valence-electron chi connectivity index (χ4n) is 3.64. The molecule has 3 heterocycles. The molecule has 0 aliphatic carbocycles. The van der Waals surface area contributed by atoms with Crippen LogP contribution in [0.25, 0.3) is 10.7 Å². The van der Waals surface area contributed by atoms with Crippen LogP contribution in [-0.2, 0) is 19.5 Å². The Balaban J connectivity index is 1.60. The van der Waals surface area contributed by atoms with Gasteiger partial charge in [-0.2, -0.15) is 0 Å². The first-order valence-corrected chi connectivity index (χ1v) is 9.96. The van der Waals surface area contributed by atoms with E-state index in [1.807, 2.05) is 23.6 Å². The van der Waals surface area contributed by atoms with Crippen molar-refractivity contribution in [3.63, 3.8) is 0 Å². The maximum absolute atomic E-state index is 12.5. The lowest BCUT2D eigenvalue weighted by molar-refractivity contribution is 0.240. The molecule has 0 unspecified atom stereocenters. The predicted molar refractivity (Wildman–Crippen MR) is 108 cm³/mol. The van der Waals surface area contributed by atoms with Crippen LogP contribution < -0.4 is 10.3 Å². The summed E-state index contributed by atoms with van der Waals surface area (Å²) in [5.41, 5.74) is 5.46. The number of thiophene rings is 1. The van der Waals surface area contributed by atoms with Crippen LogP contribution in [0.1, 0.15) is 27.9 Å². The Morgan fingerprint density at radius 3 is 2.85 bits per heavy atom. The second-order valence-electron chi connectivity index (χ2n) is 6.95. The zero-order valence-corrected chi connectivity index (χ0v) is 16.7. The Kier molecular flexibility index (Phi) is 4.85. The van der Waals surface area contributed by atoms with Crippen molar-refractivity contribution in [2.24, 2.45) is 0 Å². The number of ether oxygens (including phenoxy) is 1. The first-order chi connectivity index (χ1) is 13.1. The minimum absolute atomic E-state index is 0.000442. The first kappa shape index (κ1) is 17.9. The topological polar surface area (TPSA) is 58.2 Å². The highest BCUT2D eigenvalue weighted by Gasteiger charge is 2.22. The van der Waals surface area contributed by atoms with E-state index >= 15 is 0 Å². The van der Waals surface area contributed by atoms with Gasteiger partial charge in [-0.3, -0.25) is 9.69 Å². The molecule has 3 aromatic rings. The summed E-state index contributed by atoms with van der Waals surface area (Å²) < 4.78 is 5.42. The molecular weight excluding hydrogens is 358 g/mol. The van der Waals surface area contributed by atoms with E-state index in [4.69, 9.17) is 9.72 Å². The molecule has 0 saturated carbocycles. The molecule has 1 aliphatic heterocycles. The van der Waals surface area contributed by atoms with Crippen molar-refractivity contribution < 1.29 is 4.74 Å². The molecule has 0 amide bonds. The summed E-state index contributed by atoms with van der Waals surface area (Å²) in [7, 11) is 1.71. The van der Waals surface area contributed by atoms with Crippen LogP contribution in [0.15, 0.2) is 34.4 Å². The van der Waals surface area contributed by atoms with Crippen molar-refractivity contribution in [1.29, 1.82) is 0 Å². The monoisotopic (exact) mass is 381 g/mol. The molecule has 0 atom stereocenters. The molecular formula is C21H23N3O2S. The summed E-state index contributed by atoms with van der Waals surface area (Å²) in [6.45, 7) is 6.64. The lowest BCUT2D eigenvalue weighted by Crippen LogP contribution is -2.35. The van der Waals surface area contributed by atoms with Crippen LogP contribution in [0.4, 0.5) is 0 Å². The highest BCUT2D eigenvalue weighted by Crippen LogP contribution is 2.27. The van der Waals surface area contributed by atoms with E-state index in [0.717, 1.165) is 41.4 Å². The Hall–Kier alpha value is -2.44. The van der Waals surface area contributed by atoms with Gasteiger partial charge in [0.1, 0.15) is 5.75 Å². The Morgan fingerprint density at radius 1 is 1.26 bits per heavy atom. The minimum Gasteiger partial charge on any atom is -0.496 e. The number of hydrogen-bond donors (Lipinski definition) is 1. The van der Waals surface area contributed by atoms with Gasteiger partial charge in [0.25, 0.3) is 5.56 Å². The highest BCUT2D eigenvalue weighted by molar-refractivity contribution is 7.13. The molecule has 1 N–H and O–H groups in total. The minimum atomic E-state index is -0.000442. The van der Waals surface area contributed by atoms with Crippen LogP contribution in [0.3, 0.4) is 0 Å². The second-order valence-corrected chi connectivity index (χ2v) is 7.90. The van der Waals surface area contributed by atoms with E-state index in [2.05, 4.69) is 29.8 Å². The van der Waals surface area contributed by atoms with Crippen molar-refractivity contribution in [3.8, 4) is 16.5 Å². The van der Waals surface area contributed by atoms with Crippen LogP contribution in [0, 0.1) is 13.8 Å². The van der Waals surface area contributed by atoms with Crippen LogP contribution in [0.5, 0.6) is 5.75 Å². The fourth-order valence-corrected chi connectivity index (χ4v) is 4.31. The van der Waals surface area contributed by atoms with E-state index in [9.17, 15) is 4.79 Å². The summed E-state index contributed by atoms with van der Waals surface area (Å²) in [6, 6.07) is 8.13. The van der Waals surface area contributed by atoms with Crippen LogP contribution in [-0.4, -0.2) is 28.5 Å². The Bertz CT molecular complexity index is 1020. The normalized spacial score (nSPS) is 14.2. The summed E-state index contributed by atoms with van der Waals surface area (Å²) in [6.07, 6.45) is 0.733. The SMILES string of the molecule is COc1ccc(CN2CCc3c(nc(-c4cccs4)[nH]c3=O)C2)c(C)c1C. The maximum Gasteiger partial charge on any atom is 0.254 e. The molecule has 0 saturated heterocycles. The number of aromatic nitrogens is 2. The van der Waals surface area contributed by atoms with Gasteiger partial charge in [-0.1, -0.05) is 12.1 Å². The first-order valence-electron chi connectivity index (χ1n) is 9.08. The number of fused-ring (bicyclic) bond motifs is 1. The lowest BCUT2D eigenvalue weighted by Gasteiger charge is -2.28. The Labute approximate surface area is 162 Å². The summed E-state index contributed by atoms with van der Waals surface area (Å²) in [5.74, 6) is 1.60. The van der Waals surface area contributed by atoms with Crippen molar-refractivity contribution >= 4 is 11.3 Å². The number of rotatable bonds is 4. The quantitative estimate of drug-likeness (QED) is 0.749. The molecule has 140 valence electrons. The number of nitrogens with one attached hydrogen (secondary N) is 1. The average molecular weight is 382 g/mol. The largest absolute Gasteiger partial charge is 0.496 e. The van der Waals surface area contributed by atoms with E-state index in [1.54, 1.807) is 18.4 Å². The smallest absolute Gasteiger partial charge is 0.254 e. The summed E-state index contributed by atoms with van der Waals surface area (Å²) in [4.78, 5) is 23.6. The lowest BCUT2D eigenvalue weighted by atomic mass is 10.0. The van der Waals surface area contributed by atoms with Crippen LogP contribution in [0.2, 0.25) is 0 Å². The third-order valence-electron chi connectivity index (χ3n) is 5.37. The van der Waals surface area contributed by atoms with Gasteiger partial charge in [0.15, 0.2) is 5.82 Å². The van der Waals surface area contributed by atoms with E-state index < -0.39 is 0 Å². The number of H-pyrrole nitrogens is 1. The van der Waals surface area contributed by atoms with Crippen LogP contribution >= 0.6 is 11.3 Å². The average Bonchev–Trinajstić information content (AvgIpc) is 3.20. The van der Waals surface area contributed by atoms with Gasteiger partial charge in [-0.15, -0.1) is 11.3 Å². The number of methoxy groups -OCH3 is 1. The number of nitrogens with zero attached hydrogens (tertiary/aromatic N) is 2. The van der Waals surface area contributed by atoms with E-state index in [1.165, 1.54) is 16.7 Å². The van der Waals surface area contributed by atoms with E-state index in [0.29, 0.717) is 12.4 Å². The van der Waals surface area contributed by atoms with Gasteiger partial charge >= 0.3 is 0 Å². The van der Waals surface area contributed by atoms with Gasteiger partial charge in [-0.05, 0) is 54.5 Å². The number of hydrogen-bond acceptors (Lipinski definition) is 5. The zero-order chi connectivity index (χ0) is 19.0. The van der Waals surface area contributed by atoms with Crippen molar-refractivity contribution in [2.75, 3.05) is 13.7 Å². The summed E-state index contributed by atoms with van der Waals surface area (Å²) >= 11 is 1.59. The molecule has 0 bridgehead atoms. The molecule has 0 radical (unpaired) electrons. The van der Waals surface area contributed by atoms with E-state index in [-0.39, 0.29) is 5.56 Å². The van der Waals surface area contributed by atoms with Crippen molar-refractivity contribution in [1.82, 2.24) is 14.9 Å². The van der Waals surface area contributed by atoms with Gasteiger partial charge in [0.05, 0.1) is 17.7 Å². The van der Waals surface area contributed by atoms with Crippen molar-refractivity contribution in [2.45, 2.75) is 33.4 Å². The third-order valence-corrected chi connectivity index (χ3v) is 6.25. The molecule has 2 aromatic heterocycles. The maximum atomic E-state index is 12.5. The fraction of sp³-hybridized carbons (Fsp3) is 0.333. The number of aromatic amines is 1.